The van der Waals surface area contributed by atoms with E-state index in [0.717, 1.165) is 22.9 Å². The second-order valence-electron chi connectivity index (χ2n) is 6.34. The van der Waals surface area contributed by atoms with Crippen molar-refractivity contribution in [3.8, 4) is 11.8 Å². The fraction of sp³-hybridized carbons (Fsp3) is 0.227. The number of carbonyl (C=O) groups excluding carboxylic acids is 2. The van der Waals surface area contributed by atoms with Crippen LogP contribution in [0.15, 0.2) is 65.2 Å². The van der Waals surface area contributed by atoms with E-state index >= 15 is 0 Å². The predicted octanol–water partition coefficient (Wildman–Crippen LogP) is 3.51. The summed E-state index contributed by atoms with van der Waals surface area (Å²) in [5.41, 5.74) is 2.08. The molecule has 0 saturated carbocycles. The summed E-state index contributed by atoms with van der Waals surface area (Å²) in [7, 11) is 1.55. The van der Waals surface area contributed by atoms with Crippen molar-refractivity contribution in [1.29, 1.82) is 5.26 Å². The minimum atomic E-state index is -0.423. The van der Waals surface area contributed by atoms with Crippen LogP contribution >= 0.6 is 11.8 Å². The maximum atomic E-state index is 12.2. The number of thioether (sulfide) groups is 1. The molecular weight excluding hydrogens is 388 g/mol. The molecule has 1 aliphatic heterocycles. The molecule has 3 rings (SSSR count). The number of hydrogen-bond acceptors (Lipinski definition) is 6. The number of ether oxygens (including phenoxy) is 2. The van der Waals surface area contributed by atoms with Gasteiger partial charge in [-0.1, -0.05) is 60.3 Å². The van der Waals surface area contributed by atoms with Crippen LogP contribution < -0.4 is 10.1 Å². The zero-order chi connectivity index (χ0) is 20.6. The van der Waals surface area contributed by atoms with Crippen molar-refractivity contribution < 1.29 is 19.1 Å². The first-order valence-corrected chi connectivity index (χ1v) is 10.00. The van der Waals surface area contributed by atoms with E-state index in [1.54, 1.807) is 13.2 Å². The average molecular weight is 408 g/mol. The Morgan fingerprint density at radius 3 is 2.66 bits per heavy atom. The third-order valence-corrected chi connectivity index (χ3v) is 5.44. The lowest BCUT2D eigenvalue weighted by atomic mass is 9.86. The third kappa shape index (κ3) is 5.18. The van der Waals surface area contributed by atoms with Crippen LogP contribution in [0.1, 0.15) is 23.5 Å². The molecule has 0 spiro atoms. The lowest BCUT2D eigenvalue weighted by Crippen LogP contribution is -2.31. The van der Waals surface area contributed by atoms with E-state index < -0.39 is 11.9 Å². The predicted molar refractivity (Wildman–Crippen MR) is 110 cm³/mol. The highest BCUT2D eigenvalue weighted by Gasteiger charge is 2.31. The first-order chi connectivity index (χ1) is 14.1. The molecule has 0 aromatic heterocycles. The molecule has 0 aliphatic carbocycles. The number of nitrogens with one attached hydrogen (secondary N) is 1. The Bertz CT molecular complexity index is 966. The van der Waals surface area contributed by atoms with Gasteiger partial charge in [0, 0.05) is 17.9 Å². The summed E-state index contributed by atoms with van der Waals surface area (Å²) >= 11 is 1.10. The molecule has 6 nitrogen and oxygen atoms in total. The summed E-state index contributed by atoms with van der Waals surface area (Å²) in [5, 5.41) is 12.8. The number of nitrogens with zero attached hydrogens (tertiary/aromatic N) is 1. The Balaban J connectivity index is 1.72. The van der Waals surface area contributed by atoms with Gasteiger partial charge in [-0.05, 0) is 11.6 Å². The summed E-state index contributed by atoms with van der Waals surface area (Å²) in [4.78, 5) is 24.4. The lowest BCUT2D eigenvalue weighted by Gasteiger charge is -2.26. The Morgan fingerprint density at radius 1 is 1.21 bits per heavy atom. The van der Waals surface area contributed by atoms with Gasteiger partial charge in [0.05, 0.1) is 29.5 Å². The van der Waals surface area contributed by atoms with Gasteiger partial charge in [0.15, 0.2) is 0 Å². The van der Waals surface area contributed by atoms with Gasteiger partial charge < -0.3 is 14.8 Å². The number of methoxy groups -OCH3 is 1. The molecule has 2 aromatic carbocycles. The topological polar surface area (TPSA) is 88.4 Å². The largest absolute Gasteiger partial charge is 0.496 e. The van der Waals surface area contributed by atoms with Crippen LogP contribution in [0.4, 0.5) is 0 Å². The molecule has 1 amide bonds. The molecule has 0 bridgehead atoms. The van der Waals surface area contributed by atoms with E-state index in [4.69, 9.17) is 9.47 Å². The zero-order valence-corrected chi connectivity index (χ0v) is 16.7. The molecule has 29 heavy (non-hydrogen) atoms. The first kappa shape index (κ1) is 20.5. The summed E-state index contributed by atoms with van der Waals surface area (Å²) in [5.74, 6) is -0.441. The van der Waals surface area contributed by atoms with Crippen molar-refractivity contribution in [2.75, 3.05) is 12.9 Å². The van der Waals surface area contributed by atoms with Gasteiger partial charge in [-0.15, -0.1) is 0 Å². The van der Waals surface area contributed by atoms with Crippen molar-refractivity contribution >= 4 is 23.6 Å². The second-order valence-corrected chi connectivity index (χ2v) is 7.32. The Labute approximate surface area is 173 Å². The zero-order valence-electron chi connectivity index (χ0n) is 15.9. The van der Waals surface area contributed by atoms with Crippen molar-refractivity contribution in [2.45, 2.75) is 18.9 Å². The number of amides is 1. The molecule has 1 aliphatic rings. The maximum absolute atomic E-state index is 12.2. The Kier molecular flexibility index (Phi) is 6.93. The molecular formula is C22H20N2O4S. The van der Waals surface area contributed by atoms with E-state index in [9.17, 15) is 14.9 Å². The molecule has 0 fully saturated rings. The van der Waals surface area contributed by atoms with E-state index in [2.05, 4.69) is 11.4 Å². The van der Waals surface area contributed by atoms with Crippen molar-refractivity contribution in [1.82, 2.24) is 5.32 Å². The van der Waals surface area contributed by atoms with Gasteiger partial charge in [-0.25, -0.2) is 0 Å². The van der Waals surface area contributed by atoms with Crippen LogP contribution in [-0.4, -0.2) is 24.7 Å². The Hall–Kier alpha value is -3.24. The van der Waals surface area contributed by atoms with E-state index in [1.807, 2.05) is 48.5 Å². The minimum Gasteiger partial charge on any atom is -0.496 e. The normalized spacial score (nSPS) is 16.0. The molecule has 1 N–H and O–H groups in total. The minimum absolute atomic E-state index is 0.00767. The fourth-order valence-electron chi connectivity index (χ4n) is 3.06. The Morgan fingerprint density at radius 2 is 1.93 bits per heavy atom. The highest BCUT2D eigenvalue weighted by atomic mass is 32.2. The van der Waals surface area contributed by atoms with E-state index in [1.165, 1.54) is 0 Å². The number of allylic oxidation sites excluding steroid dienone is 1. The van der Waals surface area contributed by atoms with Crippen molar-refractivity contribution in [3.63, 3.8) is 0 Å². The summed E-state index contributed by atoms with van der Waals surface area (Å²) in [6, 6.07) is 18.9. The number of nitriles is 1. The summed E-state index contributed by atoms with van der Waals surface area (Å²) in [6.45, 7) is 0.181. The van der Waals surface area contributed by atoms with Gasteiger partial charge in [0.1, 0.15) is 12.4 Å². The van der Waals surface area contributed by atoms with E-state index in [-0.39, 0.29) is 24.7 Å². The van der Waals surface area contributed by atoms with E-state index in [0.29, 0.717) is 16.4 Å². The molecule has 0 saturated heterocycles. The van der Waals surface area contributed by atoms with Gasteiger partial charge >= 0.3 is 5.97 Å². The van der Waals surface area contributed by atoms with Gasteiger partial charge in [0.2, 0.25) is 5.91 Å². The van der Waals surface area contributed by atoms with Gasteiger partial charge in [0.25, 0.3) is 0 Å². The van der Waals surface area contributed by atoms with Gasteiger partial charge in [-0.3, -0.25) is 9.59 Å². The highest BCUT2D eigenvalue weighted by molar-refractivity contribution is 8.03. The molecule has 0 radical (unpaired) electrons. The monoisotopic (exact) mass is 408 g/mol. The summed E-state index contributed by atoms with van der Waals surface area (Å²) < 4.78 is 10.7. The number of rotatable bonds is 7. The molecule has 7 heteroatoms. The third-order valence-electron chi connectivity index (χ3n) is 4.45. The van der Waals surface area contributed by atoms with Crippen molar-refractivity contribution in [3.05, 3.63) is 76.3 Å². The number of benzene rings is 2. The van der Waals surface area contributed by atoms with Crippen LogP contribution in [-0.2, 0) is 20.9 Å². The smallest absolute Gasteiger partial charge is 0.316 e. The molecule has 2 aromatic rings. The highest BCUT2D eigenvalue weighted by Crippen LogP contribution is 2.39. The number of hydrogen-bond donors (Lipinski definition) is 1. The fourth-order valence-corrected chi connectivity index (χ4v) is 3.94. The van der Waals surface area contributed by atoms with Crippen LogP contribution in [0.3, 0.4) is 0 Å². The first-order valence-electron chi connectivity index (χ1n) is 9.01. The lowest BCUT2D eigenvalue weighted by molar-refractivity contribution is -0.141. The average Bonchev–Trinajstić information content (AvgIpc) is 2.76. The summed E-state index contributed by atoms with van der Waals surface area (Å²) in [6.07, 6.45) is 0.145. The second kappa shape index (κ2) is 9.80. The molecule has 1 atom stereocenters. The van der Waals surface area contributed by atoms with Crippen molar-refractivity contribution in [2.24, 2.45) is 0 Å². The number of carbonyl (C=O) groups is 2. The number of esters is 1. The number of para-hydroxylation sites is 1. The van der Waals surface area contributed by atoms with Crippen LogP contribution in [0, 0.1) is 11.3 Å². The molecule has 1 heterocycles. The SMILES string of the molecule is COc1ccccc1[C@@H]1CC(=O)NC(SCC(=O)OCc2ccccc2)=C1C#N. The van der Waals surface area contributed by atoms with Crippen LogP contribution in [0.2, 0.25) is 0 Å². The van der Waals surface area contributed by atoms with Crippen LogP contribution in [0.25, 0.3) is 0 Å². The molecule has 0 unspecified atom stereocenters. The van der Waals surface area contributed by atoms with Gasteiger partial charge in [-0.2, -0.15) is 5.26 Å². The van der Waals surface area contributed by atoms with Crippen LogP contribution in [0.5, 0.6) is 5.75 Å². The molecule has 148 valence electrons. The maximum Gasteiger partial charge on any atom is 0.316 e. The standard InChI is InChI=1S/C22H20N2O4S/c1-27-19-10-6-5-9-16(19)17-11-20(25)24-22(18(17)12-23)29-14-21(26)28-13-15-7-3-2-4-8-15/h2-10,17H,11,13-14H2,1H3,(H,24,25)/t17-/m0/s1. The quantitative estimate of drug-likeness (QED) is 0.706.